The van der Waals surface area contributed by atoms with Gasteiger partial charge in [-0.15, -0.1) is 0 Å². The first-order chi connectivity index (χ1) is 12.6. The number of hydrogen-bond donors (Lipinski definition) is 0. The molecule has 1 aliphatic carbocycles. The Hall–Kier alpha value is -2.86. The van der Waals surface area contributed by atoms with E-state index in [-0.39, 0.29) is 5.41 Å². The van der Waals surface area contributed by atoms with Gasteiger partial charge >= 0.3 is 0 Å². The van der Waals surface area contributed by atoms with Crippen molar-refractivity contribution >= 4 is 10.8 Å². The highest BCUT2D eigenvalue weighted by Crippen LogP contribution is 2.53. The molecular weight excluding hydrogens is 312 g/mol. The summed E-state index contributed by atoms with van der Waals surface area (Å²) in [5.74, 6) is 0. The minimum absolute atomic E-state index is 0.0383. The zero-order valence-electron chi connectivity index (χ0n) is 15.5. The molecule has 0 bridgehead atoms. The summed E-state index contributed by atoms with van der Waals surface area (Å²) in [5.41, 5.74) is 9.81. The largest absolute Gasteiger partial charge is 0.0619 e. The maximum atomic E-state index is 2.36. The summed E-state index contributed by atoms with van der Waals surface area (Å²) in [6.07, 6.45) is 0. The van der Waals surface area contributed by atoms with Crippen molar-refractivity contribution in [3.05, 3.63) is 95.6 Å². The average Bonchev–Trinajstić information content (AvgIpc) is 2.91. The Morgan fingerprint density at radius 3 is 2.19 bits per heavy atom. The minimum atomic E-state index is 0.0383. The van der Waals surface area contributed by atoms with E-state index in [0.717, 1.165) is 0 Å². The number of aryl methyl sites for hydroxylation is 1. The van der Waals surface area contributed by atoms with E-state index in [1.807, 2.05) is 0 Å². The van der Waals surface area contributed by atoms with E-state index in [2.05, 4.69) is 99.6 Å². The molecule has 0 N–H and O–H groups in total. The van der Waals surface area contributed by atoms with E-state index < -0.39 is 0 Å². The van der Waals surface area contributed by atoms with E-state index in [1.54, 1.807) is 0 Å². The third-order valence-corrected chi connectivity index (χ3v) is 5.99. The lowest BCUT2D eigenvalue weighted by Crippen LogP contribution is -2.16. The van der Waals surface area contributed by atoms with Crippen LogP contribution in [0.3, 0.4) is 0 Å². The normalized spacial score (nSPS) is 14.3. The zero-order chi connectivity index (χ0) is 17.9. The van der Waals surface area contributed by atoms with Crippen LogP contribution in [0.4, 0.5) is 0 Å². The summed E-state index contributed by atoms with van der Waals surface area (Å²) in [7, 11) is 0. The topological polar surface area (TPSA) is 0 Å². The Labute approximate surface area is 155 Å². The number of rotatable bonds is 1. The first kappa shape index (κ1) is 15.4. The number of hydrogen-bond acceptors (Lipinski definition) is 0. The van der Waals surface area contributed by atoms with E-state index in [1.165, 1.54) is 49.7 Å². The molecule has 0 spiro atoms. The molecule has 4 aromatic carbocycles. The summed E-state index contributed by atoms with van der Waals surface area (Å²) in [6, 6.07) is 28.9. The Kier molecular flexibility index (Phi) is 3.15. The molecule has 0 aromatic heterocycles. The second kappa shape index (κ2) is 5.32. The van der Waals surface area contributed by atoms with Gasteiger partial charge in [0.05, 0.1) is 0 Å². The highest BCUT2D eigenvalue weighted by Gasteiger charge is 2.37. The summed E-state index contributed by atoms with van der Waals surface area (Å²) in [5, 5.41) is 2.62. The molecule has 0 heterocycles. The summed E-state index contributed by atoms with van der Waals surface area (Å²) in [4.78, 5) is 0. The van der Waals surface area contributed by atoms with Gasteiger partial charge in [-0.3, -0.25) is 0 Å². The predicted molar refractivity (Wildman–Crippen MR) is 112 cm³/mol. The quantitative estimate of drug-likeness (QED) is 0.347. The van der Waals surface area contributed by atoms with Gasteiger partial charge < -0.3 is 0 Å². The first-order valence-corrected chi connectivity index (χ1v) is 9.31. The fraction of sp³-hybridized carbons (Fsp3) is 0.154. The van der Waals surface area contributed by atoms with Crippen molar-refractivity contribution in [1.82, 2.24) is 0 Å². The van der Waals surface area contributed by atoms with Crippen molar-refractivity contribution < 1.29 is 0 Å². The smallest absolute Gasteiger partial charge is 0.0161 e. The lowest BCUT2D eigenvalue weighted by atomic mass is 9.79. The number of fused-ring (bicyclic) bond motifs is 4. The zero-order valence-corrected chi connectivity index (χ0v) is 15.5. The average molecular weight is 334 g/mol. The lowest BCUT2D eigenvalue weighted by Gasteiger charge is -2.24. The van der Waals surface area contributed by atoms with E-state index in [0.29, 0.717) is 0 Å². The SMILES string of the molecule is Cc1ccc(-c2cccc3ccccc23)c2c1C(C)(C)c1ccccc1-2. The van der Waals surface area contributed by atoms with E-state index in [9.17, 15) is 0 Å². The van der Waals surface area contributed by atoms with Crippen LogP contribution in [-0.2, 0) is 5.41 Å². The van der Waals surface area contributed by atoms with Gasteiger partial charge in [-0.1, -0.05) is 92.7 Å². The van der Waals surface area contributed by atoms with Crippen molar-refractivity contribution in [2.75, 3.05) is 0 Å². The van der Waals surface area contributed by atoms with Crippen molar-refractivity contribution in [2.45, 2.75) is 26.2 Å². The van der Waals surface area contributed by atoms with Crippen molar-refractivity contribution in [1.29, 1.82) is 0 Å². The van der Waals surface area contributed by atoms with Crippen molar-refractivity contribution in [3.63, 3.8) is 0 Å². The van der Waals surface area contributed by atoms with Gasteiger partial charge in [-0.2, -0.15) is 0 Å². The molecule has 26 heavy (non-hydrogen) atoms. The molecule has 0 nitrogen and oxygen atoms in total. The molecule has 0 heteroatoms. The molecule has 0 saturated heterocycles. The van der Waals surface area contributed by atoms with Crippen molar-refractivity contribution in [2.24, 2.45) is 0 Å². The maximum Gasteiger partial charge on any atom is 0.0161 e. The molecule has 5 rings (SSSR count). The second-order valence-electron chi connectivity index (χ2n) is 7.88. The predicted octanol–water partition coefficient (Wildman–Crippen LogP) is 7.12. The first-order valence-electron chi connectivity index (χ1n) is 9.31. The molecule has 1 aliphatic rings. The number of benzene rings is 4. The summed E-state index contributed by atoms with van der Waals surface area (Å²) >= 11 is 0. The van der Waals surface area contributed by atoms with Gasteiger partial charge in [0.15, 0.2) is 0 Å². The molecular formula is C26H22. The van der Waals surface area contributed by atoms with Crippen LogP contribution in [-0.4, -0.2) is 0 Å². The van der Waals surface area contributed by atoms with E-state index in [4.69, 9.17) is 0 Å². The minimum Gasteiger partial charge on any atom is -0.0619 e. The van der Waals surface area contributed by atoms with Crippen LogP contribution >= 0.6 is 0 Å². The third kappa shape index (κ3) is 1.96. The molecule has 0 radical (unpaired) electrons. The van der Waals surface area contributed by atoms with Gasteiger partial charge in [-0.05, 0) is 56.6 Å². The molecule has 4 aromatic rings. The Bertz CT molecular complexity index is 1160. The molecule has 0 amide bonds. The van der Waals surface area contributed by atoms with Gasteiger partial charge in [0.2, 0.25) is 0 Å². The van der Waals surface area contributed by atoms with Crippen LogP contribution in [0.25, 0.3) is 33.0 Å². The Morgan fingerprint density at radius 1 is 0.615 bits per heavy atom. The van der Waals surface area contributed by atoms with Crippen LogP contribution in [0.1, 0.15) is 30.5 Å². The van der Waals surface area contributed by atoms with Crippen LogP contribution < -0.4 is 0 Å². The highest BCUT2D eigenvalue weighted by molar-refractivity contribution is 6.03. The molecule has 0 unspecified atom stereocenters. The fourth-order valence-electron chi connectivity index (χ4n) is 4.86. The van der Waals surface area contributed by atoms with Gasteiger partial charge in [-0.25, -0.2) is 0 Å². The highest BCUT2D eigenvalue weighted by atomic mass is 14.4. The third-order valence-electron chi connectivity index (χ3n) is 5.99. The molecule has 0 saturated carbocycles. The van der Waals surface area contributed by atoms with Crippen LogP contribution in [0.15, 0.2) is 78.9 Å². The van der Waals surface area contributed by atoms with Crippen LogP contribution in [0.5, 0.6) is 0 Å². The molecule has 0 fully saturated rings. The second-order valence-corrected chi connectivity index (χ2v) is 7.88. The Morgan fingerprint density at radius 2 is 1.31 bits per heavy atom. The van der Waals surface area contributed by atoms with E-state index >= 15 is 0 Å². The van der Waals surface area contributed by atoms with Gasteiger partial charge in [0, 0.05) is 5.41 Å². The van der Waals surface area contributed by atoms with Gasteiger partial charge in [0.25, 0.3) is 0 Å². The maximum absolute atomic E-state index is 2.36. The Balaban J connectivity index is 1.92. The summed E-state index contributed by atoms with van der Waals surface area (Å²) in [6.45, 7) is 6.97. The monoisotopic (exact) mass is 334 g/mol. The van der Waals surface area contributed by atoms with Gasteiger partial charge in [0.1, 0.15) is 0 Å². The lowest BCUT2D eigenvalue weighted by molar-refractivity contribution is 0.656. The fourth-order valence-corrected chi connectivity index (χ4v) is 4.86. The molecule has 0 atom stereocenters. The van der Waals surface area contributed by atoms with Crippen LogP contribution in [0.2, 0.25) is 0 Å². The standard InChI is InChI=1S/C26H22/c1-17-15-16-21(20-13-8-10-18-9-4-5-11-19(18)20)24-22-12-6-7-14-23(22)26(2,3)25(17)24/h4-16H,1-3H3. The summed E-state index contributed by atoms with van der Waals surface area (Å²) < 4.78 is 0. The van der Waals surface area contributed by atoms with Crippen LogP contribution in [0, 0.1) is 6.92 Å². The van der Waals surface area contributed by atoms with Crippen molar-refractivity contribution in [3.8, 4) is 22.3 Å². The molecule has 126 valence electrons. The molecule has 0 aliphatic heterocycles.